The molecule has 2 aliphatic heterocycles. The highest BCUT2D eigenvalue weighted by Crippen LogP contribution is 2.41. The third-order valence-electron chi connectivity index (χ3n) is 19.7. The van der Waals surface area contributed by atoms with E-state index in [2.05, 4.69) is 63.8 Å². The zero-order chi connectivity index (χ0) is 86.3. The van der Waals surface area contributed by atoms with Gasteiger partial charge in [-0.1, -0.05) is 68.1 Å². The van der Waals surface area contributed by atoms with Crippen LogP contribution in [0.2, 0.25) is 0 Å². The highest BCUT2D eigenvalue weighted by molar-refractivity contribution is 8.77. The largest absolute Gasteiger partial charge is 0.508 e. The van der Waals surface area contributed by atoms with E-state index in [-0.39, 0.29) is 127 Å². The number of benzene rings is 1. The van der Waals surface area contributed by atoms with Crippen LogP contribution in [0.15, 0.2) is 24.3 Å². The van der Waals surface area contributed by atoms with Gasteiger partial charge in [-0.3, -0.25) is 71.9 Å². The minimum absolute atomic E-state index is 0.00472. The van der Waals surface area contributed by atoms with Crippen molar-refractivity contribution in [3.63, 3.8) is 0 Å². The second kappa shape index (κ2) is 61.6. The van der Waals surface area contributed by atoms with Gasteiger partial charge in [0.05, 0.1) is 6.04 Å². The van der Waals surface area contributed by atoms with Crippen molar-refractivity contribution in [3.05, 3.63) is 29.8 Å². The van der Waals surface area contributed by atoms with Crippen molar-refractivity contribution >= 4 is 132 Å². The summed E-state index contributed by atoms with van der Waals surface area (Å²) in [5.41, 5.74) is 30.2. The molecule has 2 aliphatic rings. The van der Waals surface area contributed by atoms with Crippen LogP contribution in [-0.4, -0.2) is 238 Å². The number of carboxylic acids is 3. The summed E-state index contributed by atoms with van der Waals surface area (Å²) in [5.74, 6) is -11.7. The molecule has 2 heterocycles. The standard InChI is InChI=1S/C77H131N17O19S4/c1-83-69(105)54(24-10-16-44-84-63(96)26-4-2-18-51-38-46-114-116-51)87-71(107)56(21-7-13-41-79)89-73(109)58(23-9-15-43-81)91-75(111)60(32-35-65(98)99)93-77(113)62(34-37-67(102)103)94-76(112)61(33-36-66(100)101)92-74(110)59(25-11-17-45-85-64(97)27-5-3-19-52-39-47-115-117-52)90-72(108)57(22-8-14-42-80)88-70(106)55(20-6-12-40-78)86-68(104)53(82)48-49-28-30-50(95)31-29-49/h28-31,51-62,95H,2-27,32-48,78-82H2,1H3,(H,83,105)(H,84,96)(H,85,97)(H,86,104)(H,87,107)(H,88,106)(H,89,109)(H,90,108)(H,91,111)(H,92,110)(H,93,113)(H,94,112)(H,98,99)(H,100,101)(H,102,103). The third kappa shape index (κ3) is 45.9. The molecule has 12 unspecified atom stereocenters. The molecule has 0 radical (unpaired) electrons. The number of aliphatic carboxylic acids is 3. The van der Waals surface area contributed by atoms with Crippen LogP contribution < -0.4 is 92.5 Å². The van der Waals surface area contributed by atoms with Crippen molar-refractivity contribution in [2.75, 3.05) is 57.8 Å². The second-order valence-corrected chi connectivity index (χ2v) is 35.0. The molecule has 40 heteroatoms. The van der Waals surface area contributed by atoms with Crippen molar-refractivity contribution in [1.29, 1.82) is 0 Å². The van der Waals surface area contributed by atoms with Crippen LogP contribution in [0.1, 0.15) is 224 Å². The Morgan fingerprint density at radius 1 is 0.359 bits per heavy atom. The van der Waals surface area contributed by atoms with Gasteiger partial charge >= 0.3 is 17.9 Å². The summed E-state index contributed by atoms with van der Waals surface area (Å²) in [6.07, 6.45) is 7.80. The van der Waals surface area contributed by atoms with Crippen molar-refractivity contribution in [3.8, 4) is 5.75 Å². The van der Waals surface area contributed by atoms with E-state index in [0.717, 1.165) is 50.0 Å². The van der Waals surface area contributed by atoms with Gasteiger partial charge in [-0.15, -0.1) is 0 Å². The summed E-state index contributed by atoms with van der Waals surface area (Å²) >= 11 is 0. The van der Waals surface area contributed by atoms with E-state index in [9.17, 15) is 92.3 Å². The van der Waals surface area contributed by atoms with Gasteiger partial charge in [0.2, 0.25) is 70.9 Å². The molecule has 0 spiro atoms. The molecule has 2 saturated heterocycles. The quantitative estimate of drug-likeness (QED) is 0.0324. The van der Waals surface area contributed by atoms with Gasteiger partial charge in [0.15, 0.2) is 0 Å². The molecular formula is C77H131N17O19S4. The number of hydrogen-bond donors (Lipinski definition) is 21. The molecule has 0 aliphatic carbocycles. The van der Waals surface area contributed by atoms with Crippen LogP contribution in [0.25, 0.3) is 0 Å². The Bertz CT molecular complexity index is 3240. The summed E-state index contributed by atoms with van der Waals surface area (Å²) in [6, 6.07) is -8.88. The van der Waals surface area contributed by atoms with E-state index >= 15 is 0 Å². The summed E-state index contributed by atoms with van der Waals surface area (Å²) < 4.78 is 0. The first-order chi connectivity index (χ1) is 56.1. The smallest absolute Gasteiger partial charge is 0.303 e. The van der Waals surface area contributed by atoms with Gasteiger partial charge < -0.3 is 113 Å². The molecule has 1 aromatic carbocycles. The predicted octanol–water partition coefficient (Wildman–Crippen LogP) is 1.48. The fourth-order valence-electron chi connectivity index (χ4n) is 12.8. The molecule has 12 atom stereocenters. The highest BCUT2D eigenvalue weighted by atomic mass is 33.1. The van der Waals surface area contributed by atoms with Gasteiger partial charge in [-0.2, -0.15) is 0 Å². The van der Waals surface area contributed by atoms with Crippen LogP contribution in [0.4, 0.5) is 0 Å². The van der Waals surface area contributed by atoms with Crippen molar-refractivity contribution < 1.29 is 92.3 Å². The molecule has 0 saturated carbocycles. The van der Waals surface area contributed by atoms with Crippen LogP contribution in [0.3, 0.4) is 0 Å². The summed E-state index contributed by atoms with van der Waals surface area (Å²) in [5, 5.41) is 72.2. The highest BCUT2D eigenvalue weighted by Gasteiger charge is 2.37. The fraction of sp³-hybridized carbons (Fsp3) is 0.727. The number of carbonyl (C=O) groups is 15. The molecule has 117 heavy (non-hydrogen) atoms. The molecule has 26 N–H and O–H groups in total. The van der Waals surface area contributed by atoms with E-state index in [0.29, 0.717) is 86.8 Å². The molecule has 3 rings (SSSR count). The predicted molar refractivity (Wildman–Crippen MR) is 451 cm³/mol. The molecule has 2 fully saturated rings. The van der Waals surface area contributed by atoms with Crippen LogP contribution in [0, 0.1) is 0 Å². The summed E-state index contributed by atoms with van der Waals surface area (Å²) in [6.45, 7) is 1.32. The lowest BCUT2D eigenvalue weighted by atomic mass is 10.0. The maximum atomic E-state index is 14.8. The molecule has 662 valence electrons. The normalized spacial score (nSPS) is 16.3. The van der Waals surface area contributed by atoms with E-state index in [1.807, 2.05) is 43.2 Å². The number of phenolic OH excluding ortho intramolecular Hbond substituents is 1. The first kappa shape index (κ1) is 103. The van der Waals surface area contributed by atoms with E-state index in [1.165, 1.54) is 25.6 Å². The first-order valence-corrected chi connectivity index (χ1v) is 45.9. The number of carboxylic acid groups (broad SMARTS) is 3. The van der Waals surface area contributed by atoms with E-state index < -0.39 is 176 Å². The molecular weight excluding hydrogens is 1600 g/mol. The maximum Gasteiger partial charge on any atom is 0.303 e. The van der Waals surface area contributed by atoms with Crippen molar-refractivity contribution in [1.82, 2.24) is 63.8 Å². The SMILES string of the molecule is CNC(=O)C(CCCCNC(=O)CCCCC1CCSS1)NC(=O)C(CCCCN)NC(=O)C(CCCCN)NC(=O)C(CCC(=O)O)NC(=O)C(CCC(=O)O)NC(=O)C(CCC(=O)O)NC(=O)C(CCCCNC(=O)CCCCC1CCSS1)NC(=O)C(CCCCN)NC(=O)C(CCCCN)NC(=O)C(N)Cc1ccc(O)cc1. The van der Waals surface area contributed by atoms with Gasteiger partial charge in [0, 0.05) is 74.2 Å². The average molecular weight is 1730 g/mol. The Morgan fingerprint density at radius 3 is 0.897 bits per heavy atom. The number of aromatic hydroxyl groups is 1. The zero-order valence-corrected chi connectivity index (χ0v) is 70.8. The Kier molecular flexibility index (Phi) is 54.4. The molecule has 1 aromatic rings. The minimum Gasteiger partial charge on any atom is -0.508 e. The number of carbonyl (C=O) groups excluding carboxylic acids is 12. The fourth-order valence-corrected chi connectivity index (χ4v) is 18.9. The topological polar surface area (TPSA) is 611 Å². The van der Waals surface area contributed by atoms with Crippen LogP contribution >= 0.6 is 43.2 Å². The Morgan fingerprint density at radius 2 is 0.632 bits per heavy atom. The number of unbranched alkanes of at least 4 members (excludes halogenated alkanes) is 8. The van der Waals surface area contributed by atoms with Gasteiger partial charge in [-0.25, -0.2) is 0 Å². The average Bonchev–Trinajstić information content (AvgIpc) is 1.43. The van der Waals surface area contributed by atoms with Crippen molar-refractivity contribution in [2.24, 2.45) is 28.7 Å². The number of phenols is 1. The molecule has 36 nitrogen and oxygen atoms in total. The monoisotopic (exact) mass is 1730 g/mol. The lowest BCUT2D eigenvalue weighted by molar-refractivity contribution is -0.140. The van der Waals surface area contributed by atoms with E-state index in [1.54, 1.807) is 12.1 Å². The zero-order valence-electron chi connectivity index (χ0n) is 67.6. The maximum absolute atomic E-state index is 14.8. The summed E-state index contributed by atoms with van der Waals surface area (Å²) in [4.78, 5) is 205. The number of rotatable bonds is 66. The molecule has 0 bridgehead atoms. The number of nitrogens with one attached hydrogen (secondary N) is 12. The number of likely N-dealkylation sites (N-methyl/N-ethyl adjacent to an activating group) is 1. The lowest BCUT2D eigenvalue weighted by Gasteiger charge is -2.28. The Balaban J connectivity index is 1.95. The number of nitrogens with two attached hydrogens (primary N) is 5. The first-order valence-electron chi connectivity index (χ1n) is 41.2. The van der Waals surface area contributed by atoms with Gasteiger partial charge in [-0.05, 0) is 224 Å². The second-order valence-electron chi connectivity index (χ2n) is 29.4. The van der Waals surface area contributed by atoms with Crippen molar-refractivity contribution in [2.45, 2.75) is 296 Å². The Labute approximate surface area is 702 Å². The number of amides is 12. The minimum atomic E-state index is -1.92. The lowest BCUT2D eigenvalue weighted by Crippen LogP contribution is -2.60. The van der Waals surface area contributed by atoms with Gasteiger partial charge in [0.25, 0.3) is 0 Å². The number of hydrogen-bond acceptors (Lipinski definition) is 25. The molecule has 12 amide bonds. The molecule has 0 aromatic heterocycles. The van der Waals surface area contributed by atoms with Crippen LogP contribution in [0.5, 0.6) is 5.75 Å². The summed E-state index contributed by atoms with van der Waals surface area (Å²) in [7, 11) is 8.85. The van der Waals surface area contributed by atoms with Crippen LogP contribution in [-0.2, 0) is 78.3 Å². The Hall–Kier alpha value is -7.73. The van der Waals surface area contributed by atoms with E-state index in [4.69, 9.17) is 28.7 Å². The third-order valence-corrected chi connectivity index (χ3v) is 25.7. The van der Waals surface area contributed by atoms with Gasteiger partial charge in [0.1, 0.15) is 60.1 Å².